The minimum Gasteiger partial charge on any atom is -0.445 e. The van der Waals surface area contributed by atoms with Gasteiger partial charge in [-0.05, 0) is 17.2 Å². The molecule has 0 fully saturated rings. The molecule has 0 aliphatic rings. The Labute approximate surface area is 208 Å². The number of nitriles is 1. The maximum atomic E-state index is 14.4. The minimum atomic E-state index is -1.04. The summed E-state index contributed by atoms with van der Waals surface area (Å²) < 4.78 is 19.6. The Hall–Kier alpha value is -4.09. The van der Waals surface area contributed by atoms with Crippen molar-refractivity contribution in [2.45, 2.75) is 25.6 Å². The van der Waals surface area contributed by atoms with Gasteiger partial charge in [0, 0.05) is 19.0 Å². The largest absolute Gasteiger partial charge is 0.445 e. The molecule has 3 rings (SSSR count). The molecule has 180 valence electrons. The zero-order valence-corrected chi connectivity index (χ0v) is 19.8. The van der Waals surface area contributed by atoms with Crippen molar-refractivity contribution in [3.8, 4) is 6.19 Å². The molecule has 0 bridgehead atoms. The van der Waals surface area contributed by atoms with Crippen molar-refractivity contribution in [3.63, 3.8) is 0 Å². The molecular formula is C26H24ClFN4O3. The number of likely N-dealkylation sites (N-methyl/N-ethyl adjacent to an activating group) is 1. The third kappa shape index (κ3) is 7.19. The van der Waals surface area contributed by atoms with E-state index in [2.05, 4.69) is 5.32 Å². The molecule has 0 aliphatic heterocycles. The molecule has 0 aliphatic carbocycles. The SMILES string of the molecule is CN(C(=O)[C@H](Cc1ccccc1)NC(=O)OCc1ccccc1)N(C#N)Cc1cccc(Cl)c1F. The number of carbonyl (C=O) groups is 2. The topological polar surface area (TPSA) is 85.7 Å². The van der Waals surface area contributed by atoms with Crippen molar-refractivity contribution in [2.24, 2.45) is 0 Å². The Kier molecular flexibility index (Phi) is 9.04. The Morgan fingerprint density at radius 1 is 1.03 bits per heavy atom. The van der Waals surface area contributed by atoms with Gasteiger partial charge in [-0.2, -0.15) is 5.26 Å². The van der Waals surface area contributed by atoms with Crippen LogP contribution in [0.1, 0.15) is 16.7 Å². The van der Waals surface area contributed by atoms with Crippen LogP contribution < -0.4 is 5.32 Å². The van der Waals surface area contributed by atoms with Crippen molar-refractivity contribution in [1.82, 2.24) is 15.3 Å². The van der Waals surface area contributed by atoms with Crippen molar-refractivity contribution in [1.29, 1.82) is 5.26 Å². The van der Waals surface area contributed by atoms with Gasteiger partial charge in [0.2, 0.25) is 0 Å². The van der Waals surface area contributed by atoms with Crippen LogP contribution in [0.15, 0.2) is 78.9 Å². The zero-order valence-electron chi connectivity index (χ0n) is 19.0. The summed E-state index contributed by atoms with van der Waals surface area (Å²) in [5, 5.41) is 14.2. The molecule has 3 aromatic rings. The second-order valence-electron chi connectivity index (χ2n) is 7.68. The number of hydrazine groups is 1. The highest BCUT2D eigenvalue weighted by molar-refractivity contribution is 6.30. The van der Waals surface area contributed by atoms with Gasteiger partial charge in [0.1, 0.15) is 18.5 Å². The second kappa shape index (κ2) is 12.4. The predicted octanol–water partition coefficient (Wildman–Crippen LogP) is 4.67. The van der Waals surface area contributed by atoms with Gasteiger partial charge in [0.25, 0.3) is 5.91 Å². The molecule has 0 radical (unpaired) electrons. The summed E-state index contributed by atoms with van der Waals surface area (Å²) in [6, 6.07) is 21.6. The van der Waals surface area contributed by atoms with E-state index in [-0.39, 0.29) is 30.2 Å². The molecule has 0 saturated heterocycles. The Bertz CT molecular complexity index is 1190. The van der Waals surface area contributed by atoms with Gasteiger partial charge in [0.15, 0.2) is 6.19 Å². The molecule has 1 atom stereocenters. The fraction of sp³-hybridized carbons (Fsp3) is 0.192. The number of hydrogen-bond acceptors (Lipinski definition) is 5. The van der Waals surface area contributed by atoms with Crippen LogP contribution in [0.2, 0.25) is 5.02 Å². The van der Waals surface area contributed by atoms with E-state index in [0.717, 1.165) is 21.1 Å². The smallest absolute Gasteiger partial charge is 0.408 e. The average molecular weight is 495 g/mol. The number of nitrogens with one attached hydrogen (secondary N) is 1. The van der Waals surface area contributed by atoms with Crippen LogP contribution in [0.25, 0.3) is 0 Å². The molecule has 0 spiro atoms. The number of amides is 2. The van der Waals surface area contributed by atoms with Crippen LogP contribution in [0, 0.1) is 17.3 Å². The lowest BCUT2D eigenvalue weighted by atomic mass is 10.1. The lowest BCUT2D eigenvalue weighted by molar-refractivity contribution is -0.144. The van der Waals surface area contributed by atoms with Crippen LogP contribution in [0.5, 0.6) is 0 Å². The van der Waals surface area contributed by atoms with Gasteiger partial charge in [-0.3, -0.25) is 4.79 Å². The standard InChI is InChI=1S/C26H24ClFN4O3/c1-31(32(18-29)16-21-13-8-14-22(27)24(21)28)25(33)23(15-19-9-4-2-5-10-19)30-26(34)35-17-20-11-6-3-7-12-20/h2-14,23H,15-17H2,1H3,(H,30,34)/t23-/m0/s1. The van der Waals surface area contributed by atoms with Gasteiger partial charge in [-0.25, -0.2) is 19.2 Å². The first-order valence-corrected chi connectivity index (χ1v) is 11.2. The van der Waals surface area contributed by atoms with E-state index in [9.17, 15) is 19.2 Å². The number of ether oxygens (including phenoxy) is 1. The van der Waals surface area contributed by atoms with Gasteiger partial charge >= 0.3 is 6.09 Å². The quantitative estimate of drug-likeness (QED) is 0.265. The summed E-state index contributed by atoms with van der Waals surface area (Å²) in [5.74, 6) is -1.24. The highest BCUT2D eigenvalue weighted by atomic mass is 35.5. The summed E-state index contributed by atoms with van der Waals surface area (Å²) >= 11 is 5.84. The Morgan fingerprint density at radius 3 is 2.29 bits per heavy atom. The third-order valence-corrected chi connectivity index (χ3v) is 5.53. The molecule has 3 aromatic carbocycles. The number of alkyl carbamates (subject to hydrolysis) is 1. The van der Waals surface area contributed by atoms with Crippen molar-refractivity contribution in [2.75, 3.05) is 7.05 Å². The number of halogens is 2. The lowest BCUT2D eigenvalue weighted by Gasteiger charge is -2.30. The van der Waals surface area contributed by atoms with E-state index in [4.69, 9.17) is 16.3 Å². The molecule has 0 saturated carbocycles. The number of nitrogens with zero attached hydrogens (tertiary/aromatic N) is 3. The van der Waals surface area contributed by atoms with Gasteiger partial charge in [-0.15, -0.1) is 0 Å². The normalized spacial score (nSPS) is 11.1. The number of hydrogen-bond donors (Lipinski definition) is 1. The maximum absolute atomic E-state index is 14.4. The summed E-state index contributed by atoms with van der Waals surface area (Å²) in [6.45, 7) is -0.186. The zero-order chi connectivity index (χ0) is 25.2. The molecular weight excluding hydrogens is 471 g/mol. The lowest BCUT2D eigenvalue weighted by Crippen LogP contribution is -2.52. The first-order chi connectivity index (χ1) is 16.9. The maximum Gasteiger partial charge on any atom is 0.408 e. The molecule has 9 heteroatoms. The van der Waals surface area contributed by atoms with Crippen LogP contribution in [-0.4, -0.2) is 35.1 Å². The van der Waals surface area contributed by atoms with E-state index in [1.165, 1.54) is 19.2 Å². The summed E-state index contributed by atoms with van der Waals surface area (Å²) in [6.07, 6.45) is 1.27. The van der Waals surface area contributed by atoms with Crippen molar-refractivity contribution in [3.05, 3.63) is 106 Å². The number of carbonyl (C=O) groups excluding carboxylic acids is 2. The minimum absolute atomic E-state index is 0.0348. The van der Waals surface area contributed by atoms with E-state index in [1.807, 2.05) is 66.9 Å². The first-order valence-electron chi connectivity index (χ1n) is 10.8. The van der Waals surface area contributed by atoms with Crippen molar-refractivity contribution >= 4 is 23.6 Å². The molecule has 0 heterocycles. The van der Waals surface area contributed by atoms with E-state index < -0.39 is 23.9 Å². The Morgan fingerprint density at radius 2 is 1.66 bits per heavy atom. The summed E-state index contributed by atoms with van der Waals surface area (Å²) in [4.78, 5) is 25.9. The summed E-state index contributed by atoms with van der Waals surface area (Å²) in [5.41, 5.74) is 1.74. The van der Waals surface area contributed by atoms with E-state index in [1.54, 1.807) is 6.07 Å². The highest BCUT2D eigenvalue weighted by Gasteiger charge is 2.28. The van der Waals surface area contributed by atoms with Gasteiger partial charge < -0.3 is 10.1 Å². The van der Waals surface area contributed by atoms with E-state index >= 15 is 0 Å². The van der Waals surface area contributed by atoms with Gasteiger partial charge in [-0.1, -0.05) is 84.4 Å². The van der Waals surface area contributed by atoms with Crippen LogP contribution in [0.4, 0.5) is 9.18 Å². The second-order valence-corrected chi connectivity index (χ2v) is 8.09. The first kappa shape index (κ1) is 25.5. The van der Waals surface area contributed by atoms with Crippen LogP contribution >= 0.6 is 11.6 Å². The molecule has 7 nitrogen and oxygen atoms in total. The highest BCUT2D eigenvalue weighted by Crippen LogP contribution is 2.20. The fourth-order valence-electron chi connectivity index (χ4n) is 3.34. The molecule has 0 unspecified atom stereocenters. The molecule has 1 N–H and O–H groups in total. The monoisotopic (exact) mass is 494 g/mol. The van der Waals surface area contributed by atoms with Crippen molar-refractivity contribution < 1.29 is 18.7 Å². The molecule has 35 heavy (non-hydrogen) atoms. The van der Waals surface area contributed by atoms with Crippen LogP contribution in [0.3, 0.4) is 0 Å². The number of rotatable bonds is 9. The molecule has 0 aromatic heterocycles. The summed E-state index contributed by atoms with van der Waals surface area (Å²) in [7, 11) is 1.38. The predicted molar refractivity (Wildman–Crippen MR) is 129 cm³/mol. The van der Waals surface area contributed by atoms with Crippen LogP contribution in [-0.2, 0) is 29.1 Å². The third-order valence-electron chi connectivity index (χ3n) is 5.23. The van der Waals surface area contributed by atoms with Gasteiger partial charge in [0.05, 0.1) is 11.6 Å². The van der Waals surface area contributed by atoms with E-state index in [0.29, 0.717) is 0 Å². The molecule has 2 amide bonds. The Balaban J connectivity index is 1.74. The number of benzene rings is 3. The fourth-order valence-corrected chi connectivity index (χ4v) is 3.54. The average Bonchev–Trinajstić information content (AvgIpc) is 2.88.